The van der Waals surface area contributed by atoms with E-state index in [2.05, 4.69) is 81.1 Å². The number of methoxy groups -OCH3 is 1. The summed E-state index contributed by atoms with van der Waals surface area (Å²) in [5.74, 6) is 0.908. The van der Waals surface area contributed by atoms with Crippen LogP contribution in [0.4, 0.5) is 0 Å². The van der Waals surface area contributed by atoms with Crippen molar-refractivity contribution < 1.29 is 4.74 Å². The summed E-state index contributed by atoms with van der Waals surface area (Å²) in [5.41, 5.74) is 6.60. The molecule has 0 aliphatic carbocycles. The molecule has 2 rings (SSSR count). The van der Waals surface area contributed by atoms with Crippen molar-refractivity contribution in [2.24, 2.45) is 0 Å². The molecule has 0 spiro atoms. The minimum Gasteiger partial charge on any atom is -0.497 e. The predicted octanol–water partition coefficient (Wildman–Crippen LogP) is 6.17. The number of rotatable bonds is 7. The summed E-state index contributed by atoms with van der Waals surface area (Å²) < 4.78 is 5.31. The molecule has 0 atom stereocenters. The summed E-state index contributed by atoms with van der Waals surface area (Å²) in [6.07, 6.45) is 0. The van der Waals surface area contributed by atoms with Gasteiger partial charge in [0, 0.05) is 0 Å². The van der Waals surface area contributed by atoms with Gasteiger partial charge in [0.05, 0.1) is 15.2 Å². The van der Waals surface area contributed by atoms with Crippen LogP contribution in [-0.2, 0) is 0 Å². The van der Waals surface area contributed by atoms with Gasteiger partial charge in [0.25, 0.3) is 0 Å². The maximum Gasteiger partial charge on any atom is 0.118 e. The third kappa shape index (κ3) is 4.14. The van der Waals surface area contributed by atoms with Crippen LogP contribution in [0.2, 0.25) is 18.1 Å². The average Bonchev–Trinajstić information content (AvgIpc) is 2.64. The van der Waals surface area contributed by atoms with E-state index in [1.54, 1.807) is 7.11 Å². The summed E-state index contributed by atoms with van der Waals surface area (Å²) in [6.45, 7) is 7.06. The molecular weight excluding hydrogens is 296 g/mol. The standard InChI is InChI=1S/C21H28OSi/c1-5-23(6-2,7-3)17-21(18-11-9-8-10-12-18)19-13-15-20(22-4)16-14-19/h8-17H,5-7H2,1-4H3/b21-17+. The zero-order valence-electron chi connectivity index (χ0n) is 14.8. The first-order valence-electron chi connectivity index (χ1n) is 8.60. The molecule has 0 saturated carbocycles. The molecule has 23 heavy (non-hydrogen) atoms. The molecule has 2 aromatic carbocycles. The molecule has 0 bridgehead atoms. The number of ether oxygens (including phenoxy) is 1. The highest BCUT2D eigenvalue weighted by atomic mass is 28.3. The number of benzene rings is 2. The number of hydrogen-bond donors (Lipinski definition) is 0. The quantitative estimate of drug-likeness (QED) is 0.553. The predicted molar refractivity (Wildman–Crippen MR) is 104 cm³/mol. The summed E-state index contributed by atoms with van der Waals surface area (Å²) in [5, 5.41) is 0. The van der Waals surface area contributed by atoms with E-state index in [-0.39, 0.29) is 0 Å². The van der Waals surface area contributed by atoms with Crippen molar-refractivity contribution in [3.8, 4) is 5.75 Å². The summed E-state index contributed by atoms with van der Waals surface area (Å²) in [4.78, 5) is 0. The fraction of sp³-hybridized carbons (Fsp3) is 0.333. The first-order valence-corrected chi connectivity index (χ1v) is 11.3. The van der Waals surface area contributed by atoms with Gasteiger partial charge in [0.15, 0.2) is 0 Å². The Kier molecular flexibility index (Phi) is 6.23. The lowest BCUT2D eigenvalue weighted by Gasteiger charge is -2.26. The SMILES string of the molecule is CC[Si](/C=C(\c1ccccc1)c1ccc(OC)cc1)(CC)CC. The second-order valence-corrected chi connectivity index (χ2v) is 11.2. The van der Waals surface area contributed by atoms with Crippen molar-refractivity contribution in [1.82, 2.24) is 0 Å². The largest absolute Gasteiger partial charge is 0.497 e. The van der Waals surface area contributed by atoms with Crippen LogP contribution in [0.3, 0.4) is 0 Å². The first kappa shape index (κ1) is 17.5. The zero-order chi connectivity index (χ0) is 16.7. The number of hydrogen-bond acceptors (Lipinski definition) is 1. The van der Waals surface area contributed by atoms with Gasteiger partial charge < -0.3 is 4.74 Å². The van der Waals surface area contributed by atoms with E-state index in [4.69, 9.17) is 4.74 Å². The van der Waals surface area contributed by atoms with Crippen molar-refractivity contribution in [3.63, 3.8) is 0 Å². The van der Waals surface area contributed by atoms with E-state index in [9.17, 15) is 0 Å². The van der Waals surface area contributed by atoms with E-state index in [0.29, 0.717) is 0 Å². The molecular formula is C21H28OSi. The molecule has 0 aliphatic rings. The third-order valence-corrected chi connectivity index (χ3v) is 10.2. The molecule has 0 saturated heterocycles. The Hall–Kier alpha value is -1.80. The van der Waals surface area contributed by atoms with Gasteiger partial charge in [-0.2, -0.15) is 0 Å². The van der Waals surface area contributed by atoms with Crippen LogP contribution in [0.5, 0.6) is 5.75 Å². The second kappa shape index (κ2) is 8.16. The maximum atomic E-state index is 5.31. The highest BCUT2D eigenvalue weighted by Gasteiger charge is 2.25. The Bertz CT molecular complexity index is 616. The van der Waals surface area contributed by atoms with E-state index in [1.807, 2.05) is 0 Å². The summed E-state index contributed by atoms with van der Waals surface area (Å²) >= 11 is 0. The van der Waals surface area contributed by atoms with Gasteiger partial charge in [0.1, 0.15) is 5.75 Å². The average molecular weight is 325 g/mol. The molecule has 2 heteroatoms. The third-order valence-electron chi connectivity index (χ3n) is 5.05. The van der Waals surface area contributed by atoms with Gasteiger partial charge in [-0.1, -0.05) is 87.1 Å². The minimum absolute atomic E-state index is 0.908. The Morgan fingerprint density at radius 1 is 0.826 bits per heavy atom. The van der Waals surface area contributed by atoms with Crippen LogP contribution in [-0.4, -0.2) is 15.2 Å². The molecule has 0 radical (unpaired) electrons. The van der Waals surface area contributed by atoms with Crippen LogP contribution in [0, 0.1) is 0 Å². The lowest BCUT2D eigenvalue weighted by atomic mass is 10.00. The second-order valence-electron chi connectivity index (χ2n) is 6.08. The van der Waals surface area contributed by atoms with Gasteiger partial charge in [-0.15, -0.1) is 0 Å². The highest BCUT2D eigenvalue weighted by molar-refractivity contribution is 6.85. The monoisotopic (exact) mass is 324 g/mol. The van der Waals surface area contributed by atoms with Crippen LogP contribution in [0.1, 0.15) is 31.9 Å². The van der Waals surface area contributed by atoms with Crippen molar-refractivity contribution in [1.29, 1.82) is 0 Å². The van der Waals surface area contributed by atoms with Crippen LogP contribution >= 0.6 is 0 Å². The topological polar surface area (TPSA) is 9.23 Å². The minimum atomic E-state index is -1.36. The van der Waals surface area contributed by atoms with E-state index in [1.165, 1.54) is 34.8 Å². The molecule has 0 aromatic heterocycles. The van der Waals surface area contributed by atoms with Crippen molar-refractivity contribution >= 4 is 13.6 Å². The Morgan fingerprint density at radius 3 is 1.83 bits per heavy atom. The Morgan fingerprint density at radius 2 is 1.35 bits per heavy atom. The van der Waals surface area contributed by atoms with Crippen molar-refractivity contribution in [2.75, 3.05) is 7.11 Å². The van der Waals surface area contributed by atoms with E-state index in [0.717, 1.165) is 5.75 Å². The lowest BCUT2D eigenvalue weighted by molar-refractivity contribution is 0.415. The van der Waals surface area contributed by atoms with E-state index < -0.39 is 8.07 Å². The fourth-order valence-electron chi connectivity index (χ4n) is 3.08. The van der Waals surface area contributed by atoms with Gasteiger partial charge >= 0.3 is 0 Å². The molecule has 122 valence electrons. The van der Waals surface area contributed by atoms with Crippen LogP contribution in [0.15, 0.2) is 60.3 Å². The van der Waals surface area contributed by atoms with Crippen molar-refractivity contribution in [2.45, 2.75) is 38.9 Å². The van der Waals surface area contributed by atoms with Gasteiger partial charge in [-0.25, -0.2) is 0 Å². The van der Waals surface area contributed by atoms with Crippen molar-refractivity contribution in [3.05, 3.63) is 71.4 Å². The molecule has 1 nitrogen and oxygen atoms in total. The molecule has 0 aliphatic heterocycles. The fourth-order valence-corrected chi connectivity index (χ4v) is 6.14. The lowest BCUT2D eigenvalue weighted by Crippen LogP contribution is -2.29. The zero-order valence-corrected chi connectivity index (χ0v) is 15.8. The molecule has 0 heterocycles. The Balaban J connectivity index is 2.55. The molecule has 2 aromatic rings. The van der Waals surface area contributed by atoms with Gasteiger partial charge in [-0.05, 0) is 28.8 Å². The summed E-state index contributed by atoms with van der Waals surface area (Å²) in [6, 6.07) is 23.1. The van der Waals surface area contributed by atoms with E-state index >= 15 is 0 Å². The normalized spacial score (nSPS) is 12.3. The first-order chi connectivity index (χ1) is 11.2. The highest BCUT2D eigenvalue weighted by Crippen LogP contribution is 2.31. The molecule has 0 amide bonds. The smallest absolute Gasteiger partial charge is 0.118 e. The van der Waals surface area contributed by atoms with Gasteiger partial charge in [-0.3, -0.25) is 0 Å². The summed E-state index contributed by atoms with van der Waals surface area (Å²) in [7, 11) is 0.353. The van der Waals surface area contributed by atoms with Gasteiger partial charge in [0.2, 0.25) is 0 Å². The Labute approximate surface area is 142 Å². The molecule has 0 unspecified atom stereocenters. The molecule has 0 N–H and O–H groups in total. The molecule has 0 fully saturated rings. The maximum absolute atomic E-state index is 5.31. The van der Waals surface area contributed by atoms with Crippen LogP contribution in [0.25, 0.3) is 5.57 Å². The van der Waals surface area contributed by atoms with Crippen LogP contribution < -0.4 is 4.74 Å².